The van der Waals surface area contributed by atoms with Crippen LogP contribution in [-0.2, 0) is 7.05 Å². The monoisotopic (exact) mass is 250 g/mol. The Bertz CT molecular complexity index is 547. The Hall–Kier alpha value is -1.88. The third-order valence-electron chi connectivity index (χ3n) is 2.47. The lowest BCUT2D eigenvalue weighted by Gasteiger charge is -2.05. The van der Waals surface area contributed by atoms with Crippen LogP contribution in [0.4, 0.5) is 5.82 Å². The molecular formula is C11H11ClN4O. The maximum absolute atomic E-state index is 11.9. The fourth-order valence-electron chi connectivity index (χ4n) is 1.40. The summed E-state index contributed by atoms with van der Waals surface area (Å²) in [6.07, 6.45) is 2.80. The molecule has 0 radical (unpaired) electrons. The van der Waals surface area contributed by atoms with Crippen LogP contribution in [0.1, 0.15) is 16.2 Å². The van der Waals surface area contributed by atoms with Gasteiger partial charge in [0.2, 0.25) is 0 Å². The number of hydrogen-bond acceptors (Lipinski definition) is 3. The summed E-state index contributed by atoms with van der Waals surface area (Å²) >= 11 is 5.60. The Balaban J connectivity index is 2.17. The van der Waals surface area contributed by atoms with Crippen LogP contribution >= 0.6 is 11.6 Å². The number of anilines is 1. The minimum atomic E-state index is -0.225. The number of rotatable bonds is 2. The summed E-state index contributed by atoms with van der Waals surface area (Å²) in [7, 11) is 1.83. The topological polar surface area (TPSA) is 59.8 Å². The summed E-state index contributed by atoms with van der Waals surface area (Å²) in [5, 5.41) is 2.94. The van der Waals surface area contributed by atoms with Gasteiger partial charge in [0, 0.05) is 12.7 Å². The molecule has 0 aromatic carbocycles. The van der Waals surface area contributed by atoms with E-state index in [9.17, 15) is 4.79 Å². The van der Waals surface area contributed by atoms with Crippen LogP contribution in [0.5, 0.6) is 0 Å². The number of amides is 1. The van der Waals surface area contributed by atoms with E-state index >= 15 is 0 Å². The van der Waals surface area contributed by atoms with Gasteiger partial charge in [-0.05, 0) is 19.1 Å². The zero-order chi connectivity index (χ0) is 12.4. The van der Waals surface area contributed by atoms with Crippen molar-refractivity contribution in [2.24, 2.45) is 7.05 Å². The van der Waals surface area contributed by atoms with Crippen molar-refractivity contribution >= 4 is 23.3 Å². The fourth-order valence-corrected chi connectivity index (χ4v) is 1.50. The maximum Gasteiger partial charge on any atom is 0.273 e. The first-order valence-electron chi connectivity index (χ1n) is 4.99. The maximum atomic E-state index is 11.9. The van der Waals surface area contributed by atoms with Gasteiger partial charge in [0.15, 0.2) is 5.82 Å². The predicted octanol–water partition coefficient (Wildman–Crippen LogP) is 2.03. The molecule has 2 aromatic heterocycles. The average Bonchev–Trinajstić information content (AvgIpc) is 2.63. The molecule has 0 atom stereocenters. The van der Waals surface area contributed by atoms with Gasteiger partial charge in [-0.15, -0.1) is 0 Å². The molecule has 1 amide bonds. The van der Waals surface area contributed by atoms with Gasteiger partial charge in [-0.3, -0.25) is 4.79 Å². The Labute approximate surface area is 103 Å². The minimum Gasteiger partial charge on any atom is -0.344 e. The summed E-state index contributed by atoms with van der Waals surface area (Å²) in [6.45, 7) is 1.93. The largest absolute Gasteiger partial charge is 0.344 e. The number of halogens is 1. The normalized spacial score (nSPS) is 10.3. The number of hydrogen-bond donors (Lipinski definition) is 1. The molecule has 1 N–H and O–H groups in total. The molecule has 6 heteroatoms. The SMILES string of the molecule is Cc1ccc(C(=O)Nc2cnc(Cl)cn2)n1C. The zero-order valence-electron chi connectivity index (χ0n) is 9.44. The van der Waals surface area contributed by atoms with Gasteiger partial charge in [0.25, 0.3) is 5.91 Å². The van der Waals surface area contributed by atoms with E-state index in [4.69, 9.17) is 11.6 Å². The van der Waals surface area contributed by atoms with Gasteiger partial charge in [-0.25, -0.2) is 9.97 Å². The quantitative estimate of drug-likeness (QED) is 0.887. The highest BCUT2D eigenvalue weighted by molar-refractivity contribution is 6.29. The van der Waals surface area contributed by atoms with Crippen molar-refractivity contribution in [2.45, 2.75) is 6.92 Å². The molecule has 0 bridgehead atoms. The van der Waals surface area contributed by atoms with E-state index in [-0.39, 0.29) is 11.1 Å². The van der Waals surface area contributed by atoms with E-state index in [1.807, 2.05) is 20.0 Å². The van der Waals surface area contributed by atoms with Gasteiger partial charge in [-0.1, -0.05) is 11.6 Å². The van der Waals surface area contributed by atoms with E-state index in [2.05, 4.69) is 15.3 Å². The molecular weight excluding hydrogens is 240 g/mol. The van der Waals surface area contributed by atoms with Crippen LogP contribution in [-0.4, -0.2) is 20.4 Å². The van der Waals surface area contributed by atoms with Crippen LogP contribution in [0, 0.1) is 6.92 Å². The number of aryl methyl sites for hydroxylation is 1. The van der Waals surface area contributed by atoms with E-state index in [0.717, 1.165) is 5.69 Å². The van der Waals surface area contributed by atoms with E-state index in [0.29, 0.717) is 11.5 Å². The third kappa shape index (κ3) is 2.45. The highest BCUT2D eigenvalue weighted by atomic mass is 35.5. The van der Waals surface area contributed by atoms with E-state index in [1.54, 1.807) is 10.6 Å². The molecule has 0 fully saturated rings. The molecule has 0 aliphatic heterocycles. The Morgan fingerprint density at radius 1 is 1.35 bits per heavy atom. The number of aromatic nitrogens is 3. The van der Waals surface area contributed by atoms with Crippen molar-refractivity contribution in [1.82, 2.24) is 14.5 Å². The summed E-state index contributed by atoms with van der Waals surface area (Å²) < 4.78 is 1.80. The number of nitrogens with zero attached hydrogens (tertiary/aromatic N) is 3. The van der Waals surface area contributed by atoms with E-state index < -0.39 is 0 Å². The summed E-state index contributed by atoms with van der Waals surface area (Å²) in [4.78, 5) is 19.7. The molecule has 5 nitrogen and oxygen atoms in total. The number of carbonyl (C=O) groups excluding carboxylic acids is 1. The molecule has 0 aliphatic carbocycles. The van der Waals surface area contributed by atoms with Crippen molar-refractivity contribution in [1.29, 1.82) is 0 Å². The van der Waals surface area contributed by atoms with Crippen LogP contribution in [0.25, 0.3) is 0 Å². The molecule has 2 rings (SSSR count). The van der Waals surface area contributed by atoms with Crippen LogP contribution in [0.15, 0.2) is 24.5 Å². The first-order valence-corrected chi connectivity index (χ1v) is 5.37. The predicted molar refractivity (Wildman–Crippen MR) is 65.1 cm³/mol. The molecule has 0 unspecified atom stereocenters. The van der Waals surface area contributed by atoms with Crippen molar-refractivity contribution in [3.8, 4) is 0 Å². The van der Waals surface area contributed by atoms with E-state index in [1.165, 1.54) is 12.4 Å². The summed E-state index contributed by atoms with van der Waals surface area (Å²) in [5.41, 5.74) is 1.58. The second-order valence-corrected chi connectivity index (χ2v) is 3.98. The number of carbonyl (C=O) groups is 1. The smallest absolute Gasteiger partial charge is 0.273 e. The van der Waals surface area contributed by atoms with Crippen LogP contribution in [0.3, 0.4) is 0 Å². The lowest BCUT2D eigenvalue weighted by Crippen LogP contribution is -2.16. The molecule has 0 spiro atoms. The molecule has 2 heterocycles. The molecule has 17 heavy (non-hydrogen) atoms. The summed E-state index contributed by atoms with van der Waals surface area (Å²) in [6, 6.07) is 3.64. The van der Waals surface area contributed by atoms with Gasteiger partial charge in [0.05, 0.1) is 12.4 Å². The lowest BCUT2D eigenvalue weighted by atomic mass is 10.4. The first kappa shape index (κ1) is 11.6. The van der Waals surface area contributed by atoms with Crippen molar-refractivity contribution in [3.05, 3.63) is 41.1 Å². The van der Waals surface area contributed by atoms with Gasteiger partial charge in [-0.2, -0.15) is 0 Å². The Morgan fingerprint density at radius 2 is 2.12 bits per heavy atom. The van der Waals surface area contributed by atoms with Gasteiger partial charge < -0.3 is 9.88 Å². The molecule has 0 saturated heterocycles. The second-order valence-electron chi connectivity index (χ2n) is 3.60. The van der Waals surface area contributed by atoms with Gasteiger partial charge in [0.1, 0.15) is 10.8 Å². The Morgan fingerprint density at radius 3 is 2.65 bits per heavy atom. The lowest BCUT2D eigenvalue weighted by molar-refractivity contribution is 0.101. The second kappa shape index (κ2) is 4.55. The van der Waals surface area contributed by atoms with Crippen LogP contribution < -0.4 is 5.32 Å². The molecule has 88 valence electrons. The van der Waals surface area contributed by atoms with Crippen molar-refractivity contribution in [3.63, 3.8) is 0 Å². The highest BCUT2D eigenvalue weighted by Gasteiger charge is 2.11. The highest BCUT2D eigenvalue weighted by Crippen LogP contribution is 2.10. The average molecular weight is 251 g/mol. The van der Waals surface area contributed by atoms with Crippen molar-refractivity contribution in [2.75, 3.05) is 5.32 Å². The molecule has 0 saturated carbocycles. The fraction of sp³-hybridized carbons (Fsp3) is 0.182. The molecule has 0 aliphatic rings. The molecule has 2 aromatic rings. The third-order valence-corrected chi connectivity index (χ3v) is 2.66. The first-order chi connectivity index (χ1) is 8.08. The van der Waals surface area contributed by atoms with Crippen molar-refractivity contribution < 1.29 is 4.79 Å². The number of nitrogens with one attached hydrogen (secondary N) is 1. The summed E-state index contributed by atoms with van der Waals surface area (Å²) in [5.74, 6) is 0.149. The Kier molecular flexibility index (Phi) is 3.10. The minimum absolute atomic E-state index is 0.225. The zero-order valence-corrected chi connectivity index (χ0v) is 10.2. The standard InChI is InChI=1S/C11H11ClN4O/c1-7-3-4-8(16(7)2)11(17)15-10-6-13-9(12)5-14-10/h3-6H,1-2H3,(H,14,15,17). The van der Waals surface area contributed by atoms with Gasteiger partial charge >= 0.3 is 0 Å². The van der Waals surface area contributed by atoms with Crippen LogP contribution in [0.2, 0.25) is 5.15 Å².